The Morgan fingerprint density at radius 2 is 1.75 bits per heavy atom. The number of halogens is 4. The van der Waals surface area contributed by atoms with Gasteiger partial charge >= 0.3 is 0 Å². The van der Waals surface area contributed by atoms with Crippen molar-refractivity contribution in [3.63, 3.8) is 0 Å². The van der Waals surface area contributed by atoms with E-state index in [0.29, 0.717) is 17.1 Å². The van der Waals surface area contributed by atoms with Crippen molar-refractivity contribution in [3.8, 4) is 0 Å². The number of anilines is 1. The first kappa shape index (κ1) is 19.3. The fraction of sp³-hybridized carbons (Fsp3) is 0.105. The molecular formula is C19H13F4N3O2. The first-order valence-electron chi connectivity index (χ1n) is 8.04. The number of aromatic nitrogens is 1. The molecule has 0 aliphatic carbocycles. The van der Waals surface area contributed by atoms with Crippen molar-refractivity contribution in [1.29, 1.82) is 0 Å². The van der Waals surface area contributed by atoms with E-state index in [2.05, 4.69) is 10.3 Å². The summed E-state index contributed by atoms with van der Waals surface area (Å²) in [6.07, 6.45) is 0. The second kappa shape index (κ2) is 7.63. The van der Waals surface area contributed by atoms with E-state index in [1.807, 2.05) is 5.32 Å². The molecule has 0 fully saturated rings. The fourth-order valence-corrected chi connectivity index (χ4v) is 2.59. The molecule has 144 valence electrons. The Labute approximate surface area is 156 Å². The zero-order chi connectivity index (χ0) is 20.4. The number of aryl methyl sites for hydroxylation is 1. The minimum atomic E-state index is -1.72. The Hall–Kier alpha value is -3.49. The predicted molar refractivity (Wildman–Crippen MR) is 93.7 cm³/mol. The number of nitrogens with one attached hydrogen (secondary N) is 2. The van der Waals surface area contributed by atoms with E-state index in [1.165, 1.54) is 24.3 Å². The molecule has 2 amide bonds. The monoisotopic (exact) mass is 391 g/mol. The molecule has 0 aliphatic heterocycles. The van der Waals surface area contributed by atoms with Gasteiger partial charge in [-0.3, -0.25) is 14.6 Å². The van der Waals surface area contributed by atoms with Gasteiger partial charge in [-0.1, -0.05) is 0 Å². The van der Waals surface area contributed by atoms with Gasteiger partial charge in [0.1, 0.15) is 5.82 Å². The minimum absolute atomic E-state index is 0.175. The van der Waals surface area contributed by atoms with Gasteiger partial charge in [0.15, 0.2) is 17.5 Å². The third-order valence-electron chi connectivity index (χ3n) is 3.86. The molecule has 5 nitrogen and oxygen atoms in total. The minimum Gasteiger partial charge on any atom is -0.343 e. The van der Waals surface area contributed by atoms with Gasteiger partial charge in [-0.2, -0.15) is 0 Å². The summed E-state index contributed by atoms with van der Waals surface area (Å²) in [7, 11) is 0. The number of rotatable bonds is 4. The van der Waals surface area contributed by atoms with Gasteiger partial charge in [-0.05, 0) is 37.3 Å². The average Bonchev–Trinajstić information content (AvgIpc) is 2.65. The third kappa shape index (κ3) is 3.93. The van der Waals surface area contributed by atoms with Gasteiger partial charge in [0.25, 0.3) is 5.91 Å². The topological polar surface area (TPSA) is 71.1 Å². The maximum Gasteiger partial charge on any atom is 0.252 e. The van der Waals surface area contributed by atoms with E-state index in [4.69, 9.17) is 0 Å². The number of benzene rings is 2. The maximum absolute atomic E-state index is 13.6. The highest BCUT2D eigenvalue weighted by molar-refractivity contribution is 6.07. The van der Waals surface area contributed by atoms with Gasteiger partial charge in [-0.15, -0.1) is 0 Å². The molecular weight excluding hydrogens is 378 g/mol. The number of nitrogens with zero attached hydrogens (tertiary/aromatic N) is 1. The second-order valence-electron chi connectivity index (χ2n) is 5.93. The lowest BCUT2D eigenvalue weighted by Crippen LogP contribution is -2.33. The summed E-state index contributed by atoms with van der Waals surface area (Å²) in [6, 6.07) is 6.75. The lowest BCUT2D eigenvalue weighted by atomic mass is 10.1. The maximum atomic E-state index is 13.6. The highest BCUT2D eigenvalue weighted by Crippen LogP contribution is 2.20. The molecule has 28 heavy (non-hydrogen) atoms. The van der Waals surface area contributed by atoms with Gasteiger partial charge in [0, 0.05) is 17.1 Å². The van der Waals surface area contributed by atoms with Crippen molar-refractivity contribution < 1.29 is 27.2 Å². The summed E-state index contributed by atoms with van der Waals surface area (Å²) >= 11 is 0. The van der Waals surface area contributed by atoms with E-state index in [0.717, 1.165) is 6.07 Å². The van der Waals surface area contributed by atoms with Gasteiger partial charge < -0.3 is 10.6 Å². The van der Waals surface area contributed by atoms with Crippen molar-refractivity contribution in [1.82, 2.24) is 10.3 Å². The molecule has 0 spiro atoms. The summed E-state index contributed by atoms with van der Waals surface area (Å²) in [6.45, 7) is 1.07. The normalized spacial score (nSPS) is 10.8. The Balaban J connectivity index is 1.73. The molecule has 0 atom stereocenters. The van der Waals surface area contributed by atoms with Crippen molar-refractivity contribution in [2.24, 2.45) is 0 Å². The number of carbonyl (C=O) groups is 2. The molecule has 0 saturated heterocycles. The van der Waals surface area contributed by atoms with Crippen LogP contribution in [-0.2, 0) is 4.79 Å². The van der Waals surface area contributed by atoms with Crippen molar-refractivity contribution in [2.45, 2.75) is 6.92 Å². The van der Waals surface area contributed by atoms with Crippen molar-refractivity contribution in [2.75, 3.05) is 11.9 Å². The largest absolute Gasteiger partial charge is 0.343 e. The molecule has 0 unspecified atom stereocenters. The van der Waals surface area contributed by atoms with Crippen LogP contribution in [0.3, 0.4) is 0 Å². The van der Waals surface area contributed by atoms with E-state index in [9.17, 15) is 27.2 Å². The molecule has 1 heterocycles. The van der Waals surface area contributed by atoms with E-state index < -0.39 is 47.3 Å². The number of pyridine rings is 1. The van der Waals surface area contributed by atoms with Crippen LogP contribution in [0.1, 0.15) is 16.1 Å². The van der Waals surface area contributed by atoms with Crippen LogP contribution >= 0.6 is 0 Å². The van der Waals surface area contributed by atoms with Crippen LogP contribution in [0, 0.1) is 30.2 Å². The smallest absolute Gasteiger partial charge is 0.252 e. The van der Waals surface area contributed by atoms with Gasteiger partial charge in [0.05, 0.1) is 23.3 Å². The standard InChI is InChI=1S/C19H13F4N3O2/c1-9-6-12(11-3-2-10(20)7-15(11)25-9)19(28)24-8-16(27)26-14-5-4-13(21)17(22)18(14)23/h2-7H,8H2,1H3,(H,24,28)(H,26,27). The summed E-state index contributed by atoms with van der Waals surface area (Å²) in [5.74, 6) is -6.64. The lowest BCUT2D eigenvalue weighted by molar-refractivity contribution is -0.115. The predicted octanol–water partition coefficient (Wildman–Crippen LogP) is 3.47. The molecule has 0 bridgehead atoms. The van der Waals surface area contributed by atoms with Gasteiger partial charge in [0.2, 0.25) is 5.91 Å². The highest BCUT2D eigenvalue weighted by Gasteiger charge is 2.17. The fourth-order valence-electron chi connectivity index (χ4n) is 2.59. The Kier molecular flexibility index (Phi) is 5.25. The Morgan fingerprint density at radius 1 is 1.00 bits per heavy atom. The molecule has 1 aromatic heterocycles. The quantitative estimate of drug-likeness (QED) is 0.529. The molecule has 0 radical (unpaired) electrons. The molecule has 3 rings (SSSR count). The number of hydrogen-bond acceptors (Lipinski definition) is 3. The number of amides is 2. The van der Waals surface area contributed by atoms with E-state index in [-0.39, 0.29) is 11.1 Å². The number of carbonyl (C=O) groups excluding carboxylic acids is 2. The molecule has 0 saturated carbocycles. The Bertz CT molecular complexity index is 1100. The first-order chi connectivity index (χ1) is 13.3. The van der Waals surface area contributed by atoms with Crippen LogP contribution in [0.4, 0.5) is 23.2 Å². The van der Waals surface area contributed by atoms with Crippen molar-refractivity contribution >= 4 is 28.4 Å². The van der Waals surface area contributed by atoms with Crippen LogP contribution in [0.2, 0.25) is 0 Å². The molecule has 2 N–H and O–H groups in total. The summed E-state index contributed by atoms with van der Waals surface area (Å²) < 4.78 is 53.1. The molecule has 0 aliphatic rings. The number of fused-ring (bicyclic) bond motifs is 1. The SMILES string of the molecule is Cc1cc(C(=O)NCC(=O)Nc2ccc(F)c(F)c2F)c2ccc(F)cc2n1. The number of hydrogen-bond donors (Lipinski definition) is 2. The summed E-state index contributed by atoms with van der Waals surface area (Å²) in [5, 5.41) is 4.77. The third-order valence-corrected chi connectivity index (χ3v) is 3.86. The van der Waals surface area contributed by atoms with Gasteiger partial charge in [-0.25, -0.2) is 17.6 Å². The van der Waals surface area contributed by atoms with E-state index >= 15 is 0 Å². The highest BCUT2D eigenvalue weighted by atomic mass is 19.2. The Morgan fingerprint density at radius 3 is 2.50 bits per heavy atom. The molecule has 9 heteroatoms. The summed E-state index contributed by atoms with van der Waals surface area (Å²) in [5.41, 5.74) is 0.364. The van der Waals surface area contributed by atoms with Crippen LogP contribution < -0.4 is 10.6 Å². The van der Waals surface area contributed by atoms with Crippen LogP contribution in [0.5, 0.6) is 0 Å². The van der Waals surface area contributed by atoms with Crippen LogP contribution in [0.15, 0.2) is 36.4 Å². The first-order valence-corrected chi connectivity index (χ1v) is 8.04. The molecule has 3 aromatic rings. The second-order valence-corrected chi connectivity index (χ2v) is 5.93. The van der Waals surface area contributed by atoms with Crippen LogP contribution in [0.25, 0.3) is 10.9 Å². The zero-order valence-electron chi connectivity index (χ0n) is 14.4. The van der Waals surface area contributed by atoms with Crippen molar-refractivity contribution in [3.05, 3.63) is 70.9 Å². The molecule has 2 aromatic carbocycles. The lowest BCUT2D eigenvalue weighted by Gasteiger charge is -2.10. The average molecular weight is 391 g/mol. The van der Waals surface area contributed by atoms with Crippen LogP contribution in [-0.4, -0.2) is 23.3 Å². The summed E-state index contributed by atoms with van der Waals surface area (Å²) in [4.78, 5) is 28.5. The van der Waals surface area contributed by atoms with E-state index in [1.54, 1.807) is 6.92 Å². The zero-order valence-corrected chi connectivity index (χ0v) is 14.4.